The number of benzene rings is 2. The molecule has 0 unspecified atom stereocenters. The second kappa shape index (κ2) is 7.31. The monoisotopic (exact) mass is 286 g/mol. The summed E-state index contributed by atoms with van der Waals surface area (Å²) < 4.78 is 4.55. The predicted molar refractivity (Wildman–Crippen MR) is 82.2 cm³/mol. The van der Waals surface area contributed by atoms with Crippen LogP contribution >= 0.6 is 0 Å². The number of anilines is 2. The Labute approximate surface area is 123 Å². The fourth-order valence-electron chi connectivity index (χ4n) is 1.84. The average Bonchev–Trinajstić information content (AvgIpc) is 2.53. The van der Waals surface area contributed by atoms with E-state index in [1.165, 1.54) is 7.11 Å². The molecule has 0 aliphatic rings. The van der Waals surface area contributed by atoms with Gasteiger partial charge in [0.05, 0.1) is 13.7 Å². The Bertz CT molecular complexity index is 597. The Hall–Kier alpha value is -2.53. The van der Waals surface area contributed by atoms with E-state index < -0.39 is 6.09 Å². The first kappa shape index (κ1) is 14.9. The van der Waals surface area contributed by atoms with Gasteiger partial charge in [-0.1, -0.05) is 30.3 Å². The highest BCUT2D eigenvalue weighted by atomic mass is 16.5. The molecule has 0 saturated carbocycles. The van der Waals surface area contributed by atoms with Crippen LogP contribution in [0.25, 0.3) is 0 Å². The predicted octanol–water partition coefficient (Wildman–Crippen LogP) is 2.97. The van der Waals surface area contributed by atoms with E-state index >= 15 is 0 Å². The fraction of sp³-hybridized carbons (Fsp3) is 0.188. The molecular formula is C16H18N2O3. The number of hydrogen-bond donors (Lipinski definition) is 3. The maximum absolute atomic E-state index is 11.2. The first-order valence-corrected chi connectivity index (χ1v) is 6.59. The zero-order valence-corrected chi connectivity index (χ0v) is 11.8. The summed E-state index contributed by atoms with van der Waals surface area (Å²) in [6.07, 6.45) is -0.494. The number of methoxy groups -OCH3 is 1. The summed E-state index contributed by atoms with van der Waals surface area (Å²) in [7, 11) is 1.33. The average molecular weight is 286 g/mol. The van der Waals surface area contributed by atoms with Gasteiger partial charge in [-0.05, 0) is 29.3 Å². The van der Waals surface area contributed by atoms with E-state index in [9.17, 15) is 4.79 Å². The lowest BCUT2D eigenvalue weighted by Crippen LogP contribution is -2.11. The molecule has 21 heavy (non-hydrogen) atoms. The number of amides is 1. The van der Waals surface area contributed by atoms with Crippen LogP contribution in [-0.2, 0) is 17.9 Å². The molecule has 0 saturated heterocycles. The van der Waals surface area contributed by atoms with Crippen LogP contribution in [0.15, 0.2) is 48.5 Å². The lowest BCUT2D eigenvalue weighted by molar-refractivity contribution is 0.187. The van der Waals surface area contributed by atoms with E-state index in [2.05, 4.69) is 15.4 Å². The number of hydrogen-bond acceptors (Lipinski definition) is 4. The van der Waals surface area contributed by atoms with Crippen LogP contribution in [0.5, 0.6) is 0 Å². The van der Waals surface area contributed by atoms with Gasteiger partial charge in [-0.25, -0.2) is 4.79 Å². The zero-order valence-electron chi connectivity index (χ0n) is 11.8. The molecule has 5 heteroatoms. The highest BCUT2D eigenvalue weighted by Crippen LogP contribution is 2.16. The molecule has 0 aromatic heterocycles. The van der Waals surface area contributed by atoms with Crippen LogP contribution in [0.1, 0.15) is 11.1 Å². The first-order valence-electron chi connectivity index (χ1n) is 6.59. The van der Waals surface area contributed by atoms with Gasteiger partial charge < -0.3 is 15.2 Å². The molecule has 5 nitrogen and oxygen atoms in total. The maximum Gasteiger partial charge on any atom is 0.411 e. The topological polar surface area (TPSA) is 70.6 Å². The minimum atomic E-state index is -0.494. The number of carbonyl (C=O) groups is 1. The number of aliphatic hydroxyl groups excluding tert-OH is 1. The van der Waals surface area contributed by atoms with Crippen molar-refractivity contribution in [2.75, 3.05) is 17.7 Å². The van der Waals surface area contributed by atoms with E-state index in [1.54, 1.807) is 6.07 Å². The Kier molecular flexibility index (Phi) is 5.17. The number of ether oxygens (including phenoxy) is 1. The van der Waals surface area contributed by atoms with E-state index in [1.807, 2.05) is 42.5 Å². The Morgan fingerprint density at radius 3 is 2.43 bits per heavy atom. The number of rotatable bonds is 5. The van der Waals surface area contributed by atoms with Gasteiger partial charge in [0.25, 0.3) is 0 Å². The molecule has 2 aromatic carbocycles. The normalized spacial score (nSPS) is 10.0. The minimum absolute atomic E-state index is 0.0505. The molecule has 0 fully saturated rings. The molecular weight excluding hydrogens is 268 g/mol. The Balaban J connectivity index is 1.96. The van der Waals surface area contributed by atoms with Crippen LogP contribution in [0, 0.1) is 0 Å². The molecule has 3 N–H and O–H groups in total. The van der Waals surface area contributed by atoms with E-state index in [4.69, 9.17) is 5.11 Å². The summed E-state index contributed by atoms with van der Waals surface area (Å²) in [4.78, 5) is 11.2. The maximum atomic E-state index is 11.2. The van der Waals surface area contributed by atoms with Crippen molar-refractivity contribution in [2.24, 2.45) is 0 Å². The highest BCUT2D eigenvalue weighted by Gasteiger charge is 2.01. The second-order valence-electron chi connectivity index (χ2n) is 4.53. The van der Waals surface area contributed by atoms with Gasteiger partial charge in [-0.2, -0.15) is 0 Å². The summed E-state index contributed by atoms with van der Waals surface area (Å²) in [5, 5.41) is 14.9. The molecule has 0 radical (unpaired) electrons. The van der Waals surface area contributed by atoms with Crippen molar-refractivity contribution in [1.82, 2.24) is 0 Å². The summed E-state index contributed by atoms with van der Waals surface area (Å²) >= 11 is 0. The smallest absolute Gasteiger partial charge is 0.411 e. The second-order valence-corrected chi connectivity index (χ2v) is 4.53. The lowest BCUT2D eigenvalue weighted by atomic mass is 10.1. The lowest BCUT2D eigenvalue weighted by Gasteiger charge is -2.09. The Morgan fingerprint density at radius 2 is 1.76 bits per heavy atom. The third-order valence-electron chi connectivity index (χ3n) is 3.00. The molecule has 0 aliphatic heterocycles. The van der Waals surface area contributed by atoms with Gasteiger partial charge in [0.2, 0.25) is 0 Å². The van der Waals surface area contributed by atoms with Crippen LogP contribution in [0.4, 0.5) is 16.2 Å². The van der Waals surface area contributed by atoms with Gasteiger partial charge in [0.1, 0.15) is 0 Å². The summed E-state index contributed by atoms with van der Waals surface area (Å²) in [6, 6.07) is 15.1. The minimum Gasteiger partial charge on any atom is -0.453 e. The molecule has 0 spiro atoms. The van der Waals surface area contributed by atoms with Crippen LogP contribution < -0.4 is 10.6 Å². The summed E-state index contributed by atoms with van der Waals surface area (Å²) in [5.41, 5.74) is 3.57. The van der Waals surface area contributed by atoms with Crippen LogP contribution in [0.3, 0.4) is 0 Å². The molecule has 2 rings (SSSR count). The van der Waals surface area contributed by atoms with Crippen molar-refractivity contribution in [2.45, 2.75) is 13.2 Å². The number of carbonyl (C=O) groups excluding carboxylic acids is 1. The van der Waals surface area contributed by atoms with Gasteiger partial charge in [-0.15, -0.1) is 0 Å². The molecule has 0 bridgehead atoms. The molecule has 0 heterocycles. The first-order chi connectivity index (χ1) is 10.2. The van der Waals surface area contributed by atoms with Gasteiger partial charge >= 0.3 is 6.09 Å². The Morgan fingerprint density at radius 1 is 1.10 bits per heavy atom. The van der Waals surface area contributed by atoms with Crippen LogP contribution in [0.2, 0.25) is 0 Å². The zero-order chi connectivity index (χ0) is 15.1. The van der Waals surface area contributed by atoms with Gasteiger partial charge in [-0.3, -0.25) is 5.32 Å². The molecule has 110 valence electrons. The van der Waals surface area contributed by atoms with Crippen molar-refractivity contribution in [3.63, 3.8) is 0 Å². The van der Waals surface area contributed by atoms with Crippen molar-refractivity contribution in [3.05, 3.63) is 59.7 Å². The van der Waals surface area contributed by atoms with Crippen molar-refractivity contribution in [1.29, 1.82) is 0 Å². The van der Waals surface area contributed by atoms with Gasteiger partial charge in [0.15, 0.2) is 0 Å². The number of aliphatic hydroxyl groups is 1. The van der Waals surface area contributed by atoms with E-state index in [0.29, 0.717) is 12.2 Å². The summed E-state index contributed by atoms with van der Waals surface area (Å²) in [5.74, 6) is 0. The molecule has 1 amide bonds. The SMILES string of the molecule is COC(=O)Nc1cccc(NCc2ccc(CO)cc2)c1. The molecule has 0 atom stereocenters. The summed E-state index contributed by atoms with van der Waals surface area (Å²) in [6.45, 7) is 0.711. The third kappa shape index (κ3) is 4.50. The standard InChI is InChI=1S/C16H18N2O3/c1-21-16(20)18-15-4-2-3-14(9-15)17-10-12-5-7-13(11-19)8-6-12/h2-9,17,19H,10-11H2,1H3,(H,18,20). The van der Waals surface area contributed by atoms with Gasteiger partial charge in [0, 0.05) is 17.9 Å². The third-order valence-corrected chi connectivity index (χ3v) is 3.00. The van der Waals surface area contributed by atoms with E-state index in [0.717, 1.165) is 16.8 Å². The number of nitrogens with one attached hydrogen (secondary N) is 2. The fourth-order valence-corrected chi connectivity index (χ4v) is 1.84. The molecule has 2 aromatic rings. The van der Waals surface area contributed by atoms with E-state index in [-0.39, 0.29) is 6.61 Å². The molecule has 0 aliphatic carbocycles. The largest absolute Gasteiger partial charge is 0.453 e. The highest BCUT2D eigenvalue weighted by molar-refractivity contribution is 5.85. The quantitative estimate of drug-likeness (QED) is 0.790. The van der Waals surface area contributed by atoms with Crippen molar-refractivity contribution >= 4 is 17.5 Å². The van der Waals surface area contributed by atoms with Crippen molar-refractivity contribution < 1.29 is 14.6 Å². The van der Waals surface area contributed by atoms with Crippen LogP contribution in [-0.4, -0.2) is 18.3 Å². The van der Waals surface area contributed by atoms with Crippen molar-refractivity contribution in [3.8, 4) is 0 Å².